The van der Waals surface area contributed by atoms with E-state index in [0.717, 1.165) is 0 Å². The summed E-state index contributed by atoms with van der Waals surface area (Å²) < 4.78 is 6.28. The molecule has 0 fully saturated rings. The van der Waals surface area contributed by atoms with Gasteiger partial charge in [-0.3, -0.25) is 9.48 Å². The Bertz CT molecular complexity index is 662. The third-order valence-electron chi connectivity index (χ3n) is 3.08. The number of benzene rings is 1. The molecule has 2 rings (SSSR count). The van der Waals surface area contributed by atoms with Crippen LogP contribution in [0.15, 0.2) is 30.3 Å². The average Bonchev–Trinajstić information content (AvgIpc) is 2.83. The van der Waals surface area contributed by atoms with Gasteiger partial charge in [0.05, 0.1) is 18.5 Å². The number of carbonyl (C=O) groups excluding carboxylic acids is 2. The first-order chi connectivity index (χ1) is 10.1. The van der Waals surface area contributed by atoms with Crippen molar-refractivity contribution in [2.45, 2.75) is 20.4 Å². The third-order valence-corrected chi connectivity index (χ3v) is 3.08. The van der Waals surface area contributed by atoms with E-state index in [0.29, 0.717) is 23.5 Å². The van der Waals surface area contributed by atoms with E-state index in [1.807, 2.05) is 13.0 Å². The summed E-state index contributed by atoms with van der Waals surface area (Å²) in [6.45, 7) is 4.10. The van der Waals surface area contributed by atoms with E-state index < -0.39 is 5.97 Å². The number of aromatic nitrogens is 2. The molecule has 2 aromatic rings. The molecule has 0 bridgehead atoms. The molecular formula is C15H17N3O3. The number of carbonyl (C=O) groups is 2. The molecule has 6 heteroatoms. The first-order valence-corrected chi connectivity index (χ1v) is 6.60. The molecule has 1 aromatic heterocycles. The number of hydrogen-bond acceptors (Lipinski definition) is 4. The first kappa shape index (κ1) is 14.8. The summed E-state index contributed by atoms with van der Waals surface area (Å²) in [6, 6.07) is 8.79. The monoisotopic (exact) mass is 287 g/mol. The van der Waals surface area contributed by atoms with Gasteiger partial charge in [-0.15, -0.1) is 0 Å². The van der Waals surface area contributed by atoms with Crippen molar-refractivity contribution in [3.05, 3.63) is 47.3 Å². The normalized spacial score (nSPS) is 10.2. The summed E-state index contributed by atoms with van der Waals surface area (Å²) >= 11 is 0. The molecule has 110 valence electrons. The summed E-state index contributed by atoms with van der Waals surface area (Å²) in [5.74, 6) is -0.819. The van der Waals surface area contributed by atoms with Crippen LogP contribution in [0, 0.1) is 6.92 Å². The predicted octanol–water partition coefficient (Wildman–Crippen LogP) is 2.25. The van der Waals surface area contributed by atoms with Crippen LogP contribution in [0.4, 0.5) is 5.69 Å². The zero-order valence-electron chi connectivity index (χ0n) is 12.2. The van der Waals surface area contributed by atoms with E-state index in [9.17, 15) is 9.59 Å². The Morgan fingerprint density at radius 1 is 1.29 bits per heavy atom. The van der Waals surface area contributed by atoms with Gasteiger partial charge in [0, 0.05) is 12.1 Å². The number of methoxy groups -OCH3 is 1. The van der Waals surface area contributed by atoms with Crippen LogP contribution < -0.4 is 5.32 Å². The maximum atomic E-state index is 12.2. The second kappa shape index (κ2) is 6.21. The third kappa shape index (κ3) is 2.94. The predicted molar refractivity (Wildman–Crippen MR) is 78.4 cm³/mol. The number of hydrogen-bond donors (Lipinski definition) is 1. The molecule has 0 aliphatic carbocycles. The van der Waals surface area contributed by atoms with Crippen molar-refractivity contribution in [2.75, 3.05) is 12.4 Å². The largest absolute Gasteiger partial charge is 0.464 e. The van der Waals surface area contributed by atoms with Crippen molar-refractivity contribution >= 4 is 17.6 Å². The van der Waals surface area contributed by atoms with Crippen LogP contribution in [-0.4, -0.2) is 28.8 Å². The summed E-state index contributed by atoms with van der Waals surface area (Å²) in [7, 11) is 1.30. The van der Waals surface area contributed by atoms with Crippen LogP contribution in [0.5, 0.6) is 0 Å². The number of nitrogens with one attached hydrogen (secondary N) is 1. The summed E-state index contributed by atoms with van der Waals surface area (Å²) in [5.41, 5.74) is 1.72. The molecule has 0 saturated carbocycles. The van der Waals surface area contributed by atoms with Crippen LogP contribution in [-0.2, 0) is 11.3 Å². The number of nitrogens with zero attached hydrogens (tertiary/aromatic N) is 2. The topological polar surface area (TPSA) is 73.2 Å². The van der Waals surface area contributed by atoms with Gasteiger partial charge >= 0.3 is 5.97 Å². The van der Waals surface area contributed by atoms with Crippen molar-refractivity contribution in [2.24, 2.45) is 0 Å². The lowest BCUT2D eigenvalue weighted by molar-refractivity contribution is 0.0588. The van der Waals surface area contributed by atoms with Gasteiger partial charge in [0.2, 0.25) is 0 Å². The number of rotatable bonds is 4. The zero-order chi connectivity index (χ0) is 15.4. The fourth-order valence-corrected chi connectivity index (χ4v) is 2.04. The molecule has 1 amide bonds. The van der Waals surface area contributed by atoms with Gasteiger partial charge < -0.3 is 10.1 Å². The van der Waals surface area contributed by atoms with E-state index in [1.165, 1.54) is 11.8 Å². The fourth-order valence-electron chi connectivity index (χ4n) is 2.04. The van der Waals surface area contributed by atoms with E-state index >= 15 is 0 Å². The lowest BCUT2D eigenvalue weighted by Gasteiger charge is -2.08. The second-order valence-electron chi connectivity index (χ2n) is 4.44. The van der Waals surface area contributed by atoms with Gasteiger partial charge in [-0.1, -0.05) is 18.2 Å². The highest BCUT2D eigenvalue weighted by atomic mass is 16.5. The minimum atomic E-state index is -0.527. The molecule has 1 N–H and O–H groups in total. The Hall–Kier alpha value is -2.63. The standard InChI is InChI=1S/C15H17N3O3/c1-4-18-13(15(20)21-3)12(10(2)17-18)16-14(19)11-8-6-5-7-9-11/h5-9H,4H2,1-3H3,(H,16,19). The SMILES string of the molecule is CCn1nc(C)c(NC(=O)c2ccccc2)c1C(=O)OC. The van der Waals surface area contributed by atoms with Crippen molar-refractivity contribution in [3.8, 4) is 0 Å². The molecule has 0 saturated heterocycles. The lowest BCUT2D eigenvalue weighted by Crippen LogP contribution is -2.17. The average molecular weight is 287 g/mol. The summed E-state index contributed by atoms with van der Waals surface area (Å²) in [5, 5.41) is 6.99. The zero-order valence-corrected chi connectivity index (χ0v) is 12.2. The van der Waals surface area contributed by atoms with Gasteiger partial charge in [-0.2, -0.15) is 5.10 Å². The molecule has 21 heavy (non-hydrogen) atoms. The Kier molecular flexibility index (Phi) is 4.37. The minimum Gasteiger partial charge on any atom is -0.464 e. The molecule has 1 aromatic carbocycles. The number of anilines is 1. The molecule has 1 heterocycles. The summed E-state index contributed by atoms with van der Waals surface area (Å²) in [4.78, 5) is 24.1. The van der Waals surface area contributed by atoms with Crippen LogP contribution >= 0.6 is 0 Å². The molecular weight excluding hydrogens is 270 g/mol. The Morgan fingerprint density at radius 3 is 2.52 bits per heavy atom. The van der Waals surface area contributed by atoms with Crippen LogP contribution in [0.2, 0.25) is 0 Å². The number of amides is 1. The van der Waals surface area contributed by atoms with Gasteiger partial charge in [0.25, 0.3) is 5.91 Å². The quantitative estimate of drug-likeness (QED) is 0.875. The van der Waals surface area contributed by atoms with Gasteiger partial charge in [-0.25, -0.2) is 4.79 Å². The van der Waals surface area contributed by atoms with Crippen LogP contribution in [0.3, 0.4) is 0 Å². The van der Waals surface area contributed by atoms with Gasteiger partial charge in [0.15, 0.2) is 5.69 Å². The number of esters is 1. The highest BCUT2D eigenvalue weighted by molar-refractivity contribution is 6.07. The van der Waals surface area contributed by atoms with E-state index in [4.69, 9.17) is 4.74 Å². The molecule has 0 aliphatic heterocycles. The number of aryl methyl sites for hydroxylation is 2. The van der Waals surface area contributed by atoms with E-state index in [-0.39, 0.29) is 11.6 Å². The van der Waals surface area contributed by atoms with Crippen molar-refractivity contribution in [1.29, 1.82) is 0 Å². The Labute approximate surface area is 122 Å². The molecule has 0 unspecified atom stereocenters. The smallest absolute Gasteiger partial charge is 0.358 e. The lowest BCUT2D eigenvalue weighted by atomic mass is 10.2. The maximum Gasteiger partial charge on any atom is 0.358 e. The van der Waals surface area contributed by atoms with E-state index in [1.54, 1.807) is 31.2 Å². The van der Waals surface area contributed by atoms with Gasteiger partial charge in [-0.05, 0) is 26.0 Å². The Balaban J connectivity index is 2.38. The Morgan fingerprint density at radius 2 is 1.95 bits per heavy atom. The van der Waals surface area contributed by atoms with Crippen molar-refractivity contribution in [3.63, 3.8) is 0 Å². The maximum absolute atomic E-state index is 12.2. The first-order valence-electron chi connectivity index (χ1n) is 6.60. The van der Waals surface area contributed by atoms with E-state index in [2.05, 4.69) is 10.4 Å². The van der Waals surface area contributed by atoms with Crippen molar-refractivity contribution in [1.82, 2.24) is 9.78 Å². The highest BCUT2D eigenvalue weighted by Gasteiger charge is 2.23. The fraction of sp³-hybridized carbons (Fsp3) is 0.267. The molecule has 6 nitrogen and oxygen atoms in total. The molecule has 0 aliphatic rings. The second-order valence-corrected chi connectivity index (χ2v) is 4.44. The summed E-state index contributed by atoms with van der Waals surface area (Å²) in [6.07, 6.45) is 0. The van der Waals surface area contributed by atoms with Gasteiger partial charge in [0.1, 0.15) is 0 Å². The van der Waals surface area contributed by atoms with Crippen molar-refractivity contribution < 1.29 is 14.3 Å². The minimum absolute atomic E-state index is 0.252. The number of ether oxygens (including phenoxy) is 1. The molecule has 0 spiro atoms. The molecule has 0 radical (unpaired) electrons. The van der Waals surface area contributed by atoms with Crippen LogP contribution in [0.25, 0.3) is 0 Å². The molecule has 0 atom stereocenters. The van der Waals surface area contributed by atoms with Crippen LogP contribution in [0.1, 0.15) is 33.5 Å². The highest BCUT2D eigenvalue weighted by Crippen LogP contribution is 2.22.